The summed E-state index contributed by atoms with van der Waals surface area (Å²) in [6.45, 7) is 0.787. The molecule has 0 radical (unpaired) electrons. The van der Waals surface area contributed by atoms with Crippen molar-refractivity contribution in [3.63, 3.8) is 0 Å². The van der Waals surface area contributed by atoms with Crippen molar-refractivity contribution >= 4 is 0 Å². The largest absolute Gasteiger partial charge is 0.496 e. The maximum Gasteiger partial charge on any atom is 0.123 e. The van der Waals surface area contributed by atoms with Crippen molar-refractivity contribution in [3.05, 3.63) is 48.0 Å². The Bertz CT molecular complexity index is 620. The first kappa shape index (κ1) is 14.0. The van der Waals surface area contributed by atoms with Crippen LogP contribution in [0.2, 0.25) is 0 Å². The topological polar surface area (TPSA) is 30.5 Å². The molecule has 2 aromatic rings. The Kier molecular flexibility index (Phi) is 4.11. The van der Waals surface area contributed by atoms with Gasteiger partial charge in [-0.3, -0.25) is 0 Å². The zero-order chi connectivity index (χ0) is 14.7. The van der Waals surface area contributed by atoms with Crippen LogP contribution in [0.5, 0.6) is 11.5 Å². The van der Waals surface area contributed by atoms with Gasteiger partial charge in [-0.05, 0) is 55.3 Å². The van der Waals surface area contributed by atoms with Crippen molar-refractivity contribution in [3.8, 4) is 22.6 Å². The lowest BCUT2D eigenvalue weighted by Gasteiger charge is -2.12. The summed E-state index contributed by atoms with van der Waals surface area (Å²) in [5.74, 6) is 1.87. The summed E-state index contributed by atoms with van der Waals surface area (Å²) >= 11 is 0. The minimum atomic E-state index is 0.427. The molecule has 1 aliphatic rings. The first-order chi connectivity index (χ1) is 10.3. The van der Waals surface area contributed by atoms with Crippen molar-refractivity contribution in [2.24, 2.45) is 0 Å². The zero-order valence-electron chi connectivity index (χ0n) is 12.6. The molecule has 0 amide bonds. The van der Waals surface area contributed by atoms with Gasteiger partial charge in [0.1, 0.15) is 11.5 Å². The fourth-order valence-corrected chi connectivity index (χ4v) is 2.41. The highest BCUT2D eigenvalue weighted by Gasteiger charge is 2.23. The molecule has 1 saturated carbocycles. The summed E-state index contributed by atoms with van der Waals surface area (Å²) in [6, 6.07) is 14.6. The molecule has 1 aliphatic carbocycles. The molecular formula is C18H21NO2. The van der Waals surface area contributed by atoms with Gasteiger partial charge in [-0.15, -0.1) is 0 Å². The van der Waals surface area contributed by atoms with Crippen LogP contribution in [-0.2, 0) is 6.54 Å². The molecule has 3 heteroatoms. The van der Waals surface area contributed by atoms with E-state index in [0.717, 1.165) is 23.6 Å². The average molecular weight is 283 g/mol. The van der Waals surface area contributed by atoms with Gasteiger partial charge in [-0.2, -0.15) is 0 Å². The molecule has 0 atom stereocenters. The number of rotatable bonds is 6. The van der Waals surface area contributed by atoms with Crippen LogP contribution < -0.4 is 14.8 Å². The van der Waals surface area contributed by atoms with Crippen LogP contribution in [0.15, 0.2) is 42.5 Å². The van der Waals surface area contributed by atoms with E-state index in [4.69, 9.17) is 9.47 Å². The number of benzene rings is 2. The van der Waals surface area contributed by atoms with Crippen molar-refractivity contribution in [1.82, 2.24) is 5.32 Å². The summed E-state index contributed by atoms with van der Waals surface area (Å²) in [5, 5.41) is 3.18. The molecule has 0 aromatic heterocycles. The van der Waals surface area contributed by atoms with E-state index in [9.17, 15) is 0 Å². The highest BCUT2D eigenvalue weighted by molar-refractivity contribution is 5.67. The highest BCUT2D eigenvalue weighted by Crippen LogP contribution is 2.31. The highest BCUT2D eigenvalue weighted by atomic mass is 16.5. The van der Waals surface area contributed by atoms with E-state index in [1.807, 2.05) is 19.2 Å². The molecule has 2 aromatic carbocycles. The number of methoxy groups -OCH3 is 1. The smallest absolute Gasteiger partial charge is 0.123 e. The Morgan fingerprint density at radius 3 is 2.62 bits per heavy atom. The quantitative estimate of drug-likeness (QED) is 0.878. The monoisotopic (exact) mass is 283 g/mol. The zero-order valence-corrected chi connectivity index (χ0v) is 12.6. The van der Waals surface area contributed by atoms with Crippen molar-refractivity contribution in [2.75, 3.05) is 14.2 Å². The summed E-state index contributed by atoms with van der Waals surface area (Å²) in [6.07, 6.45) is 2.79. The third-order valence-electron chi connectivity index (χ3n) is 3.64. The van der Waals surface area contributed by atoms with Gasteiger partial charge in [0.15, 0.2) is 0 Å². The minimum absolute atomic E-state index is 0.427. The van der Waals surface area contributed by atoms with Gasteiger partial charge in [0.25, 0.3) is 0 Å². The predicted octanol–water partition coefficient (Wildman–Crippen LogP) is 3.62. The van der Waals surface area contributed by atoms with Crippen LogP contribution in [0.25, 0.3) is 11.1 Å². The van der Waals surface area contributed by atoms with Gasteiger partial charge in [0.2, 0.25) is 0 Å². The molecule has 0 heterocycles. The molecular weight excluding hydrogens is 262 g/mol. The standard InChI is InChI=1S/C18H21NO2/c1-19-12-15-10-14(6-9-18(15)20-2)13-4-3-5-17(11-13)21-16-7-8-16/h3-6,9-11,16,19H,7-8,12H2,1-2H3. The number of ether oxygens (including phenoxy) is 2. The fourth-order valence-electron chi connectivity index (χ4n) is 2.41. The molecule has 0 aliphatic heterocycles. The van der Waals surface area contributed by atoms with Crippen LogP contribution in [0.1, 0.15) is 18.4 Å². The first-order valence-electron chi connectivity index (χ1n) is 7.39. The molecule has 3 rings (SSSR count). The third kappa shape index (κ3) is 3.37. The second kappa shape index (κ2) is 6.19. The number of hydrogen-bond acceptors (Lipinski definition) is 3. The predicted molar refractivity (Wildman–Crippen MR) is 84.8 cm³/mol. The molecule has 1 fully saturated rings. The van der Waals surface area contributed by atoms with Gasteiger partial charge >= 0.3 is 0 Å². The molecule has 0 saturated heterocycles. The van der Waals surface area contributed by atoms with Crippen molar-refractivity contribution in [2.45, 2.75) is 25.5 Å². The van der Waals surface area contributed by atoms with E-state index in [0.29, 0.717) is 6.10 Å². The minimum Gasteiger partial charge on any atom is -0.496 e. The molecule has 1 N–H and O–H groups in total. The third-order valence-corrected chi connectivity index (χ3v) is 3.64. The van der Waals surface area contributed by atoms with E-state index >= 15 is 0 Å². The maximum atomic E-state index is 5.87. The Morgan fingerprint density at radius 2 is 1.90 bits per heavy atom. The average Bonchev–Trinajstić information content (AvgIpc) is 3.32. The lowest BCUT2D eigenvalue weighted by Crippen LogP contribution is -2.06. The SMILES string of the molecule is CNCc1cc(-c2cccc(OC3CC3)c2)ccc1OC. The molecule has 0 spiro atoms. The van der Waals surface area contributed by atoms with Crippen molar-refractivity contribution < 1.29 is 9.47 Å². The summed E-state index contributed by atoms with van der Waals surface area (Å²) < 4.78 is 11.3. The Hall–Kier alpha value is -2.00. The van der Waals surface area contributed by atoms with Crippen molar-refractivity contribution in [1.29, 1.82) is 0 Å². The Labute approximate surface area is 125 Å². The normalized spacial score (nSPS) is 14.0. The molecule has 21 heavy (non-hydrogen) atoms. The Morgan fingerprint density at radius 1 is 1.10 bits per heavy atom. The van der Waals surface area contributed by atoms with Crippen LogP contribution in [-0.4, -0.2) is 20.3 Å². The second-order valence-corrected chi connectivity index (χ2v) is 5.40. The van der Waals surface area contributed by atoms with E-state index in [1.54, 1.807) is 7.11 Å². The Balaban J connectivity index is 1.89. The van der Waals surface area contributed by atoms with Gasteiger partial charge < -0.3 is 14.8 Å². The summed E-state index contributed by atoms with van der Waals surface area (Å²) in [4.78, 5) is 0. The maximum absolute atomic E-state index is 5.87. The van der Waals surface area contributed by atoms with Gasteiger partial charge in [-0.25, -0.2) is 0 Å². The lowest BCUT2D eigenvalue weighted by atomic mass is 10.0. The molecule has 0 bridgehead atoms. The van der Waals surface area contributed by atoms with Crippen LogP contribution in [0, 0.1) is 0 Å². The van der Waals surface area contributed by atoms with Gasteiger partial charge in [0, 0.05) is 12.1 Å². The molecule has 110 valence electrons. The van der Waals surface area contributed by atoms with E-state index in [2.05, 4.69) is 35.6 Å². The summed E-state index contributed by atoms with van der Waals surface area (Å²) in [5.41, 5.74) is 3.52. The number of hydrogen-bond donors (Lipinski definition) is 1. The molecule has 3 nitrogen and oxygen atoms in total. The van der Waals surface area contributed by atoms with Gasteiger partial charge in [-0.1, -0.05) is 18.2 Å². The van der Waals surface area contributed by atoms with E-state index in [-0.39, 0.29) is 0 Å². The lowest BCUT2D eigenvalue weighted by molar-refractivity contribution is 0.303. The van der Waals surface area contributed by atoms with Crippen LogP contribution in [0.4, 0.5) is 0 Å². The summed E-state index contributed by atoms with van der Waals surface area (Å²) in [7, 11) is 3.65. The molecule has 0 unspecified atom stereocenters. The van der Waals surface area contributed by atoms with Crippen LogP contribution in [0.3, 0.4) is 0 Å². The van der Waals surface area contributed by atoms with E-state index in [1.165, 1.54) is 24.0 Å². The van der Waals surface area contributed by atoms with Crippen LogP contribution >= 0.6 is 0 Å². The fraction of sp³-hybridized carbons (Fsp3) is 0.333. The first-order valence-corrected chi connectivity index (χ1v) is 7.39. The second-order valence-electron chi connectivity index (χ2n) is 5.40. The number of nitrogens with one attached hydrogen (secondary N) is 1. The van der Waals surface area contributed by atoms with Gasteiger partial charge in [0.05, 0.1) is 13.2 Å². The van der Waals surface area contributed by atoms with E-state index < -0.39 is 0 Å².